The summed E-state index contributed by atoms with van der Waals surface area (Å²) < 4.78 is 32.8. The summed E-state index contributed by atoms with van der Waals surface area (Å²) in [6.07, 6.45) is -14.9. The van der Waals surface area contributed by atoms with Gasteiger partial charge in [-0.15, -0.1) is 0 Å². The fourth-order valence-corrected chi connectivity index (χ4v) is 6.03. The van der Waals surface area contributed by atoms with Crippen LogP contribution in [0.1, 0.15) is 22.8 Å². The van der Waals surface area contributed by atoms with Gasteiger partial charge in [-0.3, -0.25) is 0 Å². The second-order valence-corrected chi connectivity index (χ2v) is 12.9. The van der Waals surface area contributed by atoms with Crippen molar-refractivity contribution in [3.63, 3.8) is 0 Å². The highest BCUT2D eigenvalue weighted by Crippen LogP contribution is 2.48. The average Bonchev–Trinajstić information content (AvgIpc) is 3.16. The number of aromatic hydroxyl groups is 6. The second-order valence-electron chi connectivity index (χ2n) is 12.9. The SMILES string of the molecule is O=C(/C=C/c1ccc(O)cc1)OC[C@H]1O[C@@H](OC2=Cc3c(O[C@@H]4O[C@@H](CO)[C@@H](O)[C@H](O)[C@H]4O)cc(O)cc3[OH+]C2c2cc(O)c(O)c(O)c2)[C@@H](O)[C@@H](O)[C@@H]1O. The Balaban J connectivity index is 1.29. The van der Waals surface area contributed by atoms with Crippen LogP contribution >= 0.6 is 0 Å². The smallest absolute Gasteiger partial charge is 0.330 e. The van der Waals surface area contributed by atoms with E-state index in [1.165, 1.54) is 30.4 Å². The topological polar surface area (TPSA) is 319 Å². The number of benzene rings is 3. The molecule has 55 heavy (non-hydrogen) atoms. The van der Waals surface area contributed by atoms with E-state index in [9.17, 15) is 66.1 Å². The molecule has 3 aliphatic rings. The molecule has 0 spiro atoms. The minimum absolute atomic E-state index is 0.0128. The number of fused-ring (bicyclic) bond motifs is 1. The maximum Gasteiger partial charge on any atom is 0.330 e. The number of hydrogen-bond acceptors (Lipinski definition) is 18. The maximum absolute atomic E-state index is 12.4. The molecule has 0 amide bonds. The van der Waals surface area contributed by atoms with E-state index < -0.39 is 110 Å². The van der Waals surface area contributed by atoms with Crippen molar-refractivity contribution in [2.45, 2.75) is 67.5 Å². The molecule has 0 aromatic heterocycles. The molecule has 3 heterocycles. The molecule has 13 N–H and O–H groups in total. The van der Waals surface area contributed by atoms with Gasteiger partial charge in [-0.1, -0.05) is 12.1 Å². The van der Waals surface area contributed by atoms with Gasteiger partial charge in [-0.2, -0.15) is 0 Å². The molecule has 3 aromatic carbocycles. The number of phenolic OH excluding ortho intramolecular Hbond substituents is 5. The van der Waals surface area contributed by atoms with E-state index in [1.54, 1.807) is 12.1 Å². The van der Waals surface area contributed by atoms with E-state index in [0.29, 0.717) is 5.56 Å². The predicted molar refractivity (Wildman–Crippen MR) is 182 cm³/mol. The third-order valence-corrected chi connectivity index (χ3v) is 9.04. The lowest BCUT2D eigenvalue weighted by Gasteiger charge is -2.41. The van der Waals surface area contributed by atoms with Gasteiger partial charge in [0.25, 0.3) is 11.9 Å². The molecule has 3 aromatic rings. The lowest BCUT2D eigenvalue weighted by Crippen LogP contribution is -2.60. The lowest BCUT2D eigenvalue weighted by atomic mass is 9.98. The molecule has 2 fully saturated rings. The molecule has 0 aliphatic carbocycles. The number of ether oxygens (including phenoxy) is 6. The monoisotopic (exact) mass is 775 g/mol. The van der Waals surface area contributed by atoms with Gasteiger partial charge in [-0.05, 0) is 35.9 Å². The van der Waals surface area contributed by atoms with Gasteiger partial charge in [-0.25, -0.2) is 4.79 Å². The van der Waals surface area contributed by atoms with Crippen LogP contribution in [0, 0.1) is 0 Å². The third kappa shape index (κ3) is 8.34. The Morgan fingerprint density at radius 1 is 0.727 bits per heavy atom. The van der Waals surface area contributed by atoms with Crippen LogP contribution < -0.4 is 4.74 Å². The van der Waals surface area contributed by atoms with Crippen molar-refractivity contribution in [1.82, 2.24) is 0 Å². The summed E-state index contributed by atoms with van der Waals surface area (Å²) in [7, 11) is 0. The average molecular weight is 776 g/mol. The van der Waals surface area contributed by atoms with Crippen LogP contribution in [0.5, 0.6) is 40.2 Å². The zero-order chi connectivity index (χ0) is 39.7. The largest absolute Gasteiger partial charge is 0.571 e. The Kier molecular flexibility index (Phi) is 11.6. The summed E-state index contributed by atoms with van der Waals surface area (Å²) in [5, 5.41) is 124. The minimum Gasteiger partial charge on any atom is -0.571 e. The van der Waals surface area contributed by atoms with E-state index in [-0.39, 0.29) is 34.1 Å². The highest BCUT2D eigenvalue weighted by molar-refractivity contribution is 5.87. The van der Waals surface area contributed by atoms with Crippen molar-refractivity contribution < 1.29 is 94.5 Å². The van der Waals surface area contributed by atoms with Crippen molar-refractivity contribution in [3.05, 3.63) is 77.1 Å². The molecule has 19 heteroatoms. The summed E-state index contributed by atoms with van der Waals surface area (Å²) >= 11 is 0. The summed E-state index contributed by atoms with van der Waals surface area (Å²) in [5.41, 5.74) is 0.566. The molecule has 296 valence electrons. The van der Waals surface area contributed by atoms with Crippen molar-refractivity contribution in [3.8, 4) is 40.2 Å². The van der Waals surface area contributed by atoms with Gasteiger partial charge < -0.3 is 89.7 Å². The van der Waals surface area contributed by atoms with Crippen molar-refractivity contribution in [2.24, 2.45) is 0 Å². The number of aliphatic hydroxyl groups excluding tert-OH is 7. The lowest BCUT2D eigenvalue weighted by molar-refractivity contribution is -0.296. The molecule has 2 saturated heterocycles. The van der Waals surface area contributed by atoms with E-state index in [4.69, 9.17) is 23.7 Å². The van der Waals surface area contributed by atoms with Gasteiger partial charge in [0.1, 0.15) is 78.3 Å². The van der Waals surface area contributed by atoms with Crippen LogP contribution in [0.3, 0.4) is 0 Å². The van der Waals surface area contributed by atoms with E-state index in [1.807, 2.05) is 0 Å². The van der Waals surface area contributed by atoms with E-state index in [2.05, 4.69) is 4.74 Å². The van der Waals surface area contributed by atoms with Crippen molar-refractivity contribution >= 4 is 18.1 Å². The number of carbonyl (C=O) groups excluding carboxylic acids is 1. The Morgan fingerprint density at radius 3 is 1.96 bits per heavy atom. The molecule has 6 rings (SSSR count). The first-order valence-electron chi connectivity index (χ1n) is 16.7. The first-order chi connectivity index (χ1) is 26.1. The molecule has 1 unspecified atom stereocenters. The number of rotatable bonds is 10. The zero-order valence-electron chi connectivity index (χ0n) is 28.4. The molecular formula is C36H39O19+. The summed E-state index contributed by atoms with van der Waals surface area (Å²) in [6.45, 7) is -1.39. The summed E-state index contributed by atoms with van der Waals surface area (Å²) in [5.74, 6) is -4.14. The number of aliphatic hydroxyl groups is 8. The normalized spacial score (nSPS) is 30.5. The number of hydrogen-bond donors (Lipinski definition) is 12. The van der Waals surface area contributed by atoms with Crippen LogP contribution in [-0.2, 0) is 23.7 Å². The van der Waals surface area contributed by atoms with Crippen molar-refractivity contribution in [2.75, 3.05) is 13.2 Å². The molecule has 0 radical (unpaired) electrons. The molecule has 19 nitrogen and oxygen atoms in total. The highest BCUT2D eigenvalue weighted by atomic mass is 16.7. The van der Waals surface area contributed by atoms with Crippen LogP contribution in [0.2, 0.25) is 0 Å². The third-order valence-electron chi connectivity index (χ3n) is 9.04. The second kappa shape index (κ2) is 16.2. The van der Waals surface area contributed by atoms with Gasteiger partial charge in [0.15, 0.2) is 23.0 Å². The highest BCUT2D eigenvalue weighted by Gasteiger charge is 2.48. The summed E-state index contributed by atoms with van der Waals surface area (Å²) in [6, 6.07) is 10.2. The first-order valence-corrected chi connectivity index (χ1v) is 16.7. The van der Waals surface area contributed by atoms with Crippen molar-refractivity contribution in [1.29, 1.82) is 0 Å². The molecule has 3 aliphatic heterocycles. The van der Waals surface area contributed by atoms with Gasteiger partial charge >= 0.3 is 5.97 Å². The Morgan fingerprint density at radius 2 is 1.33 bits per heavy atom. The standard InChI is InChI=1S/C36H38O19/c37-12-24-28(44)30(46)32(48)35(54-24)52-22-10-17(39)9-21-18(22)11-23(34(51-21)15-7-19(40)27(43)20(41)8-15)53-36-33(49)31(47)29(45)25(55-36)13-50-26(42)6-3-14-1-4-16(38)5-2-14/h1-11,24-25,28-41,43-49H,12-13H2/p+1/b6-3+/t24-,25+,28+,29+,30-,31-,32+,33-,34?,35+,36+/m0/s1. The Labute approximate surface area is 310 Å². The van der Waals surface area contributed by atoms with Gasteiger partial charge in [0.05, 0.1) is 18.2 Å². The fourth-order valence-electron chi connectivity index (χ4n) is 6.03. The molecular weight excluding hydrogens is 736 g/mol. The van der Waals surface area contributed by atoms with Gasteiger partial charge in [0, 0.05) is 18.2 Å². The van der Waals surface area contributed by atoms with Crippen LogP contribution in [0.15, 0.2) is 60.4 Å². The quantitative estimate of drug-likeness (QED) is 0.0499. The fraction of sp³-hybridized carbons (Fsp3) is 0.361. The molecule has 0 saturated carbocycles. The maximum atomic E-state index is 12.4. The zero-order valence-corrected chi connectivity index (χ0v) is 28.4. The van der Waals surface area contributed by atoms with Crippen LogP contribution in [0.25, 0.3) is 12.2 Å². The van der Waals surface area contributed by atoms with Crippen LogP contribution in [0.4, 0.5) is 0 Å². The molecule has 11 atom stereocenters. The Hall–Kier alpha value is -5.35. The number of carbonyl (C=O) groups is 1. The first kappa shape index (κ1) is 39.3. The number of phenols is 5. The Bertz CT molecular complexity index is 1890. The van der Waals surface area contributed by atoms with Gasteiger partial charge in [0.2, 0.25) is 12.6 Å². The van der Waals surface area contributed by atoms with E-state index >= 15 is 0 Å². The number of esters is 1. The van der Waals surface area contributed by atoms with Crippen LogP contribution in [-0.4, -0.2) is 147 Å². The minimum atomic E-state index is -1.94. The van der Waals surface area contributed by atoms with E-state index in [0.717, 1.165) is 24.3 Å². The molecule has 0 bridgehead atoms. The predicted octanol–water partition coefficient (Wildman–Crippen LogP) is -1.19. The summed E-state index contributed by atoms with van der Waals surface area (Å²) in [4.78, 5) is 12.4.